The van der Waals surface area contributed by atoms with Crippen LogP contribution in [0.15, 0.2) is 18.2 Å². The maximum atomic E-state index is 12.5. The van der Waals surface area contributed by atoms with E-state index in [1.165, 1.54) is 18.2 Å². The molecule has 0 spiro atoms. The van der Waals surface area contributed by atoms with Crippen molar-refractivity contribution in [3.63, 3.8) is 0 Å². The summed E-state index contributed by atoms with van der Waals surface area (Å²) in [7, 11) is 1.07. The SMILES string of the molecule is C#CCOc1cc(OC2OC(C(=O)OC)C(OC(C)=O)C(OC(C)=O)C2OC(C)=O)ccc1C=O. The second kappa shape index (κ2) is 12.4. The summed E-state index contributed by atoms with van der Waals surface area (Å²) in [5, 5.41) is 0. The number of esters is 4. The van der Waals surface area contributed by atoms with Crippen LogP contribution in [0, 0.1) is 12.3 Å². The third-order valence-electron chi connectivity index (χ3n) is 4.51. The zero-order chi connectivity index (χ0) is 26.1. The minimum absolute atomic E-state index is 0.0564. The van der Waals surface area contributed by atoms with Crippen LogP contribution in [0.2, 0.25) is 0 Å². The Balaban J connectivity index is 2.52. The lowest BCUT2D eigenvalue weighted by atomic mass is 9.97. The van der Waals surface area contributed by atoms with Crippen LogP contribution >= 0.6 is 0 Å². The van der Waals surface area contributed by atoms with E-state index in [9.17, 15) is 24.0 Å². The molecule has 5 atom stereocenters. The Hall–Kier alpha value is -4.11. The monoisotopic (exact) mass is 492 g/mol. The Labute approximate surface area is 200 Å². The van der Waals surface area contributed by atoms with Gasteiger partial charge in [-0.2, -0.15) is 0 Å². The van der Waals surface area contributed by atoms with Crippen LogP contribution < -0.4 is 9.47 Å². The van der Waals surface area contributed by atoms with Crippen LogP contribution in [0.1, 0.15) is 31.1 Å². The fraction of sp³-hybridized carbons (Fsp3) is 0.435. The van der Waals surface area contributed by atoms with E-state index in [4.69, 9.17) is 39.6 Å². The zero-order valence-electron chi connectivity index (χ0n) is 19.4. The molecular formula is C23H24O12. The van der Waals surface area contributed by atoms with Gasteiger partial charge in [-0.1, -0.05) is 5.92 Å². The van der Waals surface area contributed by atoms with E-state index in [-0.39, 0.29) is 23.7 Å². The first-order valence-corrected chi connectivity index (χ1v) is 10.2. The average Bonchev–Trinajstić information content (AvgIpc) is 2.79. The maximum absolute atomic E-state index is 12.5. The number of hydrogen-bond donors (Lipinski definition) is 0. The molecule has 1 aliphatic heterocycles. The number of aldehydes is 1. The van der Waals surface area contributed by atoms with E-state index in [0.717, 1.165) is 27.9 Å². The average molecular weight is 492 g/mol. The Morgan fingerprint density at radius 1 is 1.00 bits per heavy atom. The molecule has 0 N–H and O–H groups in total. The summed E-state index contributed by atoms with van der Waals surface area (Å²) in [4.78, 5) is 59.1. The number of rotatable bonds is 9. The molecule has 12 nitrogen and oxygen atoms in total. The first kappa shape index (κ1) is 27.1. The second-order valence-corrected chi connectivity index (χ2v) is 7.10. The molecule has 5 unspecified atom stereocenters. The Morgan fingerprint density at radius 3 is 2.14 bits per heavy atom. The van der Waals surface area contributed by atoms with Gasteiger partial charge in [-0.05, 0) is 12.1 Å². The number of terminal acetylenes is 1. The highest BCUT2D eigenvalue weighted by Crippen LogP contribution is 2.32. The number of carbonyl (C=O) groups excluding carboxylic acids is 5. The van der Waals surface area contributed by atoms with Gasteiger partial charge in [0.25, 0.3) is 0 Å². The molecule has 0 amide bonds. The third-order valence-corrected chi connectivity index (χ3v) is 4.51. The predicted molar refractivity (Wildman–Crippen MR) is 114 cm³/mol. The number of carbonyl (C=O) groups is 5. The Bertz CT molecular complexity index is 1010. The molecule has 1 aromatic carbocycles. The van der Waals surface area contributed by atoms with Gasteiger partial charge in [0, 0.05) is 26.8 Å². The van der Waals surface area contributed by atoms with Crippen LogP contribution in [0.25, 0.3) is 0 Å². The molecule has 1 saturated heterocycles. The van der Waals surface area contributed by atoms with Crippen molar-refractivity contribution in [3.8, 4) is 23.8 Å². The van der Waals surface area contributed by atoms with Crippen LogP contribution in [0.5, 0.6) is 11.5 Å². The normalized spacial score (nSPS) is 23.1. The van der Waals surface area contributed by atoms with Crippen molar-refractivity contribution in [3.05, 3.63) is 23.8 Å². The molecule has 35 heavy (non-hydrogen) atoms. The molecule has 12 heteroatoms. The van der Waals surface area contributed by atoms with Crippen molar-refractivity contribution in [2.75, 3.05) is 13.7 Å². The Morgan fingerprint density at radius 2 is 1.60 bits per heavy atom. The van der Waals surface area contributed by atoms with E-state index in [2.05, 4.69) is 5.92 Å². The van der Waals surface area contributed by atoms with Crippen LogP contribution in [-0.2, 0) is 42.9 Å². The first-order valence-electron chi connectivity index (χ1n) is 10.2. The molecule has 1 aliphatic rings. The molecule has 0 aliphatic carbocycles. The molecular weight excluding hydrogens is 468 g/mol. The zero-order valence-corrected chi connectivity index (χ0v) is 19.4. The molecule has 1 heterocycles. The van der Waals surface area contributed by atoms with Crippen molar-refractivity contribution >= 4 is 30.2 Å². The smallest absolute Gasteiger partial charge is 0.339 e. The minimum atomic E-state index is -1.61. The summed E-state index contributed by atoms with van der Waals surface area (Å²) in [5.74, 6) is -1.02. The van der Waals surface area contributed by atoms with Gasteiger partial charge < -0.3 is 33.2 Å². The summed E-state index contributed by atoms with van der Waals surface area (Å²) in [5.41, 5.74) is 0.175. The largest absolute Gasteiger partial charge is 0.480 e. The highest BCUT2D eigenvalue weighted by Gasteiger charge is 2.55. The van der Waals surface area contributed by atoms with E-state index in [1.54, 1.807) is 0 Å². The van der Waals surface area contributed by atoms with Crippen molar-refractivity contribution in [2.24, 2.45) is 0 Å². The van der Waals surface area contributed by atoms with E-state index < -0.39 is 54.6 Å². The van der Waals surface area contributed by atoms with Gasteiger partial charge in [0.2, 0.25) is 12.4 Å². The summed E-state index contributed by atoms with van der Waals surface area (Å²) < 4.78 is 37.3. The van der Waals surface area contributed by atoms with Crippen molar-refractivity contribution in [1.82, 2.24) is 0 Å². The molecule has 1 fully saturated rings. The number of hydrogen-bond acceptors (Lipinski definition) is 12. The molecule has 1 aromatic rings. The lowest BCUT2D eigenvalue weighted by Crippen LogP contribution is -2.64. The van der Waals surface area contributed by atoms with Gasteiger partial charge in [-0.3, -0.25) is 19.2 Å². The van der Waals surface area contributed by atoms with Gasteiger partial charge >= 0.3 is 23.9 Å². The quantitative estimate of drug-likeness (QED) is 0.205. The first-order chi connectivity index (χ1) is 16.6. The standard InChI is InChI=1S/C23H24O12/c1-6-9-30-17-10-16(8-7-15(17)11-24)34-23-21(33-14(4)27)19(32-13(3)26)18(31-12(2)25)20(35-23)22(28)29-5/h1,7-8,10-11,18-21,23H,9H2,2-5H3. The number of benzene rings is 1. The highest BCUT2D eigenvalue weighted by molar-refractivity contribution is 5.80. The number of methoxy groups -OCH3 is 1. The molecule has 188 valence electrons. The topological polar surface area (TPSA) is 150 Å². The molecule has 2 rings (SSSR count). The highest BCUT2D eigenvalue weighted by atomic mass is 16.7. The summed E-state index contributed by atoms with van der Waals surface area (Å²) in [6, 6.07) is 4.08. The lowest BCUT2D eigenvalue weighted by molar-refractivity contribution is -0.282. The van der Waals surface area contributed by atoms with E-state index in [1.807, 2.05) is 0 Å². The molecule has 0 bridgehead atoms. The van der Waals surface area contributed by atoms with Crippen LogP contribution in [0.3, 0.4) is 0 Å². The molecule has 0 saturated carbocycles. The lowest BCUT2D eigenvalue weighted by Gasteiger charge is -2.43. The van der Waals surface area contributed by atoms with Gasteiger partial charge in [0.1, 0.15) is 18.1 Å². The van der Waals surface area contributed by atoms with Crippen molar-refractivity contribution in [2.45, 2.75) is 51.5 Å². The molecule has 0 aromatic heterocycles. The summed E-state index contributed by atoms with van der Waals surface area (Å²) >= 11 is 0. The van der Waals surface area contributed by atoms with Crippen molar-refractivity contribution < 1.29 is 57.1 Å². The predicted octanol–water partition coefficient (Wildman–Crippen LogP) is 0.583. The van der Waals surface area contributed by atoms with Gasteiger partial charge in [0.05, 0.1) is 12.7 Å². The second-order valence-electron chi connectivity index (χ2n) is 7.10. The Kier molecular flexibility index (Phi) is 9.60. The summed E-state index contributed by atoms with van der Waals surface area (Å²) in [6.07, 6.45) is -1.95. The molecule has 0 radical (unpaired) electrons. The van der Waals surface area contributed by atoms with Gasteiger partial charge in [0.15, 0.2) is 24.6 Å². The third kappa shape index (κ3) is 7.18. The number of ether oxygens (including phenoxy) is 7. The fourth-order valence-electron chi connectivity index (χ4n) is 3.24. The minimum Gasteiger partial charge on any atom is -0.480 e. The maximum Gasteiger partial charge on any atom is 0.339 e. The van der Waals surface area contributed by atoms with Gasteiger partial charge in [-0.15, -0.1) is 6.42 Å². The summed E-state index contributed by atoms with van der Waals surface area (Å²) in [6.45, 7) is 3.08. The van der Waals surface area contributed by atoms with Crippen molar-refractivity contribution in [1.29, 1.82) is 0 Å². The fourth-order valence-corrected chi connectivity index (χ4v) is 3.24. The van der Waals surface area contributed by atoms with E-state index in [0.29, 0.717) is 6.29 Å². The van der Waals surface area contributed by atoms with Crippen LogP contribution in [-0.4, -0.2) is 74.6 Å². The van der Waals surface area contributed by atoms with E-state index >= 15 is 0 Å². The van der Waals surface area contributed by atoms with Crippen LogP contribution in [0.4, 0.5) is 0 Å². The van der Waals surface area contributed by atoms with Gasteiger partial charge in [-0.25, -0.2) is 4.79 Å².